The second-order valence-electron chi connectivity index (χ2n) is 5.14. The molecule has 0 saturated heterocycles. The van der Waals surface area contributed by atoms with Gasteiger partial charge in [-0.05, 0) is 71.2 Å². The first kappa shape index (κ1) is 17.3. The Bertz CT molecular complexity index is 656. The first-order valence-corrected chi connectivity index (χ1v) is 8.29. The predicted molar refractivity (Wildman–Crippen MR) is 95.2 cm³/mol. The van der Waals surface area contributed by atoms with Crippen LogP contribution in [0.15, 0.2) is 46.9 Å². The third-order valence-electron chi connectivity index (χ3n) is 3.07. The van der Waals surface area contributed by atoms with Gasteiger partial charge in [0.1, 0.15) is 11.5 Å². The highest BCUT2D eigenvalue weighted by Crippen LogP contribution is 2.23. The summed E-state index contributed by atoms with van der Waals surface area (Å²) >= 11 is 3.43. The number of benzene rings is 2. The number of carbonyl (C=O) groups excluding carboxylic acids is 1. The number of rotatable bonds is 7. The van der Waals surface area contributed by atoms with Crippen molar-refractivity contribution in [1.29, 1.82) is 0 Å². The quantitative estimate of drug-likeness (QED) is 0.768. The van der Waals surface area contributed by atoms with Crippen LogP contribution in [0.4, 0.5) is 5.69 Å². The van der Waals surface area contributed by atoms with Crippen molar-refractivity contribution in [3.8, 4) is 11.5 Å². The highest BCUT2D eigenvalue weighted by molar-refractivity contribution is 9.10. The molecular weight excluding hydrogens is 358 g/mol. The van der Waals surface area contributed by atoms with Crippen molar-refractivity contribution in [3.63, 3.8) is 0 Å². The lowest BCUT2D eigenvalue weighted by molar-refractivity contribution is -0.118. The molecule has 4 nitrogen and oxygen atoms in total. The largest absolute Gasteiger partial charge is 0.494 e. The van der Waals surface area contributed by atoms with Crippen LogP contribution >= 0.6 is 15.9 Å². The summed E-state index contributed by atoms with van der Waals surface area (Å²) in [5, 5.41) is 2.81. The number of carbonyl (C=O) groups is 1. The molecule has 0 saturated carbocycles. The molecule has 0 atom stereocenters. The Morgan fingerprint density at radius 3 is 2.35 bits per heavy atom. The lowest BCUT2D eigenvalue weighted by atomic mass is 10.2. The van der Waals surface area contributed by atoms with Crippen LogP contribution in [0.25, 0.3) is 0 Å². The van der Waals surface area contributed by atoms with E-state index >= 15 is 0 Å². The van der Waals surface area contributed by atoms with Crippen LogP contribution in [0, 0.1) is 6.92 Å². The topological polar surface area (TPSA) is 47.6 Å². The molecule has 0 unspecified atom stereocenters. The fourth-order valence-electron chi connectivity index (χ4n) is 1.91. The smallest absolute Gasteiger partial charge is 0.262 e. The van der Waals surface area contributed by atoms with Crippen LogP contribution in [0.1, 0.15) is 18.9 Å². The van der Waals surface area contributed by atoms with E-state index in [0.29, 0.717) is 12.4 Å². The van der Waals surface area contributed by atoms with E-state index in [9.17, 15) is 4.79 Å². The molecular formula is C18H20BrNO3. The van der Waals surface area contributed by atoms with E-state index in [-0.39, 0.29) is 12.5 Å². The highest BCUT2D eigenvalue weighted by atomic mass is 79.9. The molecule has 122 valence electrons. The minimum atomic E-state index is -0.208. The van der Waals surface area contributed by atoms with Crippen molar-refractivity contribution in [2.45, 2.75) is 20.3 Å². The standard InChI is InChI=1S/C18H20BrNO3/c1-3-10-22-14-5-7-15(8-6-14)23-12-18(21)20-17-9-4-13(2)11-16(17)19/h4-9,11H,3,10,12H2,1-2H3,(H,20,21). The Hall–Kier alpha value is -2.01. The van der Waals surface area contributed by atoms with Crippen LogP contribution in [0.5, 0.6) is 11.5 Å². The van der Waals surface area contributed by atoms with Crippen molar-refractivity contribution in [1.82, 2.24) is 0 Å². The van der Waals surface area contributed by atoms with E-state index < -0.39 is 0 Å². The van der Waals surface area contributed by atoms with E-state index in [1.165, 1.54) is 0 Å². The van der Waals surface area contributed by atoms with Crippen LogP contribution in [0.3, 0.4) is 0 Å². The minimum Gasteiger partial charge on any atom is -0.494 e. The molecule has 0 aliphatic heterocycles. The van der Waals surface area contributed by atoms with Crippen molar-refractivity contribution in [3.05, 3.63) is 52.5 Å². The zero-order chi connectivity index (χ0) is 16.7. The van der Waals surface area contributed by atoms with Crippen molar-refractivity contribution < 1.29 is 14.3 Å². The third-order valence-corrected chi connectivity index (χ3v) is 3.72. The number of hydrogen-bond acceptors (Lipinski definition) is 3. The molecule has 0 aliphatic rings. The first-order chi connectivity index (χ1) is 11.1. The van der Waals surface area contributed by atoms with Gasteiger partial charge < -0.3 is 14.8 Å². The number of amides is 1. The van der Waals surface area contributed by atoms with Gasteiger partial charge >= 0.3 is 0 Å². The summed E-state index contributed by atoms with van der Waals surface area (Å²) in [5.41, 5.74) is 1.85. The van der Waals surface area contributed by atoms with Crippen LogP contribution < -0.4 is 14.8 Å². The summed E-state index contributed by atoms with van der Waals surface area (Å²) in [6.45, 7) is 4.69. The van der Waals surface area contributed by atoms with Gasteiger partial charge in [0.25, 0.3) is 5.91 Å². The molecule has 1 N–H and O–H groups in total. The average Bonchev–Trinajstić information content (AvgIpc) is 2.54. The number of hydrogen-bond donors (Lipinski definition) is 1. The van der Waals surface area contributed by atoms with E-state index in [4.69, 9.17) is 9.47 Å². The normalized spacial score (nSPS) is 10.2. The molecule has 2 aromatic rings. The predicted octanol–water partition coefficient (Wildman–Crippen LogP) is 4.56. The monoisotopic (exact) mass is 377 g/mol. The Morgan fingerprint density at radius 1 is 1.09 bits per heavy atom. The van der Waals surface area contributed by atoms with Crippen LogP contribution in [-0.2, 0) is 4.79 Å². The zero-order valence-corrected chi connectivity index (χ0v) is 14.9. The first-order valence-electron chi connectivity index (χ1n) is 7.50. The van der Waals surface area contributed by atoms with Gasteiger partial charge in [-0.15, -0.1) is 0 Å². The second kappa shape index (κ2) is 8.58. The summed E-state index contributed by atoms with van der Waals surface area (Å²) in [7, 11) is 0. The molecule has 0 aromatic heterocycles. The van der Waals surface area contributed by atoms with E-state index in [0.717, 1.165) is 27.9 Å². The molecule has 5 heteroatoms. The van der Waals surface area contributed by atoms with Crippen LogP contribution in [0.2, 0.25) is 0 Å². The average molecular weight is 378 g/mol. The van der Waals surface area contributed by atoms with E-state index in [1.807, 2.05) is 37.3 Å². The summed E-state index contributed by atoms with van der Waals surface area (Å²) in [6, 6.07) is 13.0. The maximum atomic E-state index is 11.9. The van der Waals surface area contributed by atoms with E-state index in [1.54, 1.807) is 12.1 Å². The maximum absolute atomic E-state index is 11.9. The lowest BCUT2D eigenvalue weighted by Gasteiger charge is -2.10. The van der Waals surface area contributed by atoms with Crippen molar-refractivity contribution in [2.75, 3.05) is 18.5 Å². The molecule has 1 amide bonds. The van der Waals surface area contributed by atoms with Gasteiger partial charge in [-0.3, -0.25) is 4.79 Å². The molecule has 0 radical (unpaired) electrons. The third kappa shape index (κ3) is 5.60. The zero-order valence-electron chi connectivity index (χ0n) is 13.3. The van der Waals surface area contributed by atoms with Gasteiger partial charge in [0, 0.05) is 4.47 Å². The van der Waals surface area contributed by atoms with Crippen LogP contribution in [-0.4, -0.2) is 19.1 Å². The van der Waals surface area contributed by atoms with Crippen molar-refractivity contribution in [2.24, 2.45) is 0 Å². The summed E-state index contributed by atoms with van der Waals surface area (Å²) < 4.78 is 11.8. The van der Waals surface area contributed by atoms with Gasteiger partial charge in [-0.1, -0.05) is 13.0 Å². The number of halogens is 1. The highest BCUT2D eigenvalue weighted by Gasteiger charge is 2.07. The molecule has 0 heterocycles. The van der Waals surface area contributed by atoms with Crippen molar-refractivity contribution >= 4 is 27.5 Å². The molecule has 2 rings (SSSR count). The Kier molecular flexibility index (Phi) is 6.47. The molecule has 2 aromatic carbocycles. The Morgan fingerprint density at radius 2 is 1.74 bits per heavy atom. The Labute approximate surface area is 144 Å². The minimum absolute atomic E-state index is 0.0462. The van der Waals surface area contributed by atoms with Gasteiger partial charge in [-0.2, -0.15) is 0 Å². The fourth-order valence-corrected chi connectivity index (χ4v) is 2.50. The van der Waals surface area contributed by atoms with E-state index in [2.05, 4.69) is 28.2 Å². The molecule has 0 fully saturated rings. The number of aryl methyl sites for hydroxylation is 1. The fraction of sp³-hybridized carbons (Fsp3) is 0.278. The maximum Gasteiger partial charge on any atom is 0.262 e. The summed E-state index contributed by atoms with van der Waals surface area (Å²) in [5.74, 6) is 1.22. The second-order valence-corrected chi connectivity index (χ2v) is 5.99. The summed E-state index contributed by atoms with van der Waals surface area (Å²) in [6.07, 6.45) is 0.965. The number of ether oxygens (including phenoxy) is 2. The molecule has 0 bridgehead atoms. The van der Waals surface area contributed by atoms with Gasteiger partial charge in [0.15, 0.2) is 6.61 Å². The molecule has 23 heavy (non-hydrogen) atoms. The summed E-state index contributed by atoms with van der Waals surface area (Å²) in [4.78, 5) is 11.9. The lowest BCUT2D eigenvalue weighted by Crippen LogP contribution is -2.20. The number of nitrogens with one attached hydrogen (secondary N) is 1. The van der Waals surface area contributed by atoms with Gasteiger partial charge in [0.05, 0.1) is 12.3 Å². The van der Waals surface area contributed by atoms with Gasteiger partial charge in [0.2, 0.25) is 0 Å². The SMILES string of the molecule is CCCOc1ccc(OCC(=O)Nc2ccc(C)cc2Br)cc1. The number of anilines is 1. The van der Waals surface area contributed by atoms with Gasteiger partial charge in [-0.25, -0.2) is 0 Å². The molecule has 0 aliphatic carbocycles. The Balaban J connectivity index is 1.84. The molecule has 0 spiro atoms.